The largest absolute Gasteiger partial charge is 0.343 e. The number of halogens is 2. The van der Waals surface area contributed by atoms with E-state index in [1.807, 2.05) is 21.9 Å². The van der Waals surface area contributed by atoms with Crippen molar-refractivity contribution in [1.29, 1.82) is 0 Å². The van der Waals surface area contributed by atoms with Crippen LogP contribution in [0.25, 0.3) is 0 Å². The van der Waals surface area contributed by atoms with Gasteiger partial charge in [-0.25, -0.2) is 8.78 Å². The van der Waals surface area contributed by atoms with Crippen LogP contribution in [0.2, 0.25) is 0 Å². The molecule has 0 bridgehead atoms. The molecule has 4 fully saturated rings. The van der Waals surface area contributed by atoms with Crippen LogP contribution in [-0.4, -0.2) is 52.6 Å². The minimum atomic E-state index is -3.47. The molecule has 0 radical (unpaired) electrons. The van der Waals surface area contributed by atoms with Gasteiger partial charge in [-0.15, -0.1) is 0 Å². The summed E-state index contributed by atoms with van der Waals surface area (Å²) in [5.41, 5.74) is 1.26. The maximum atomic E-state index is 13.2. The molecular formula is C32H41F2N2O5P. The van der Waals surface area contributed by atoms with Gasteiger partial charge in [0.25, 0.3) is 0 Å². The minimum Gasteiger partial charge on any atom is -0.333 e. The minimum absolute atomic E-state index is 0.0375. The van der Waals surface area contributed by atoms with E-state index in [4.69, 9.17) is 9.05 Å². The Bertz CT molecular complexity index is 1280. The van der Waals surface area contributed by atoms with E-state index in [1.54, 1.807) is 26.0 Å². The number of carbonyl (C=O) groups excluding carboxylic acids is 2. The Labute approximate surface area is 247 Å². The summed E-state index contributed by atoms with van der Waals surface area (Å²) in [6.45, 7) is 3.99. The molecule has 10 heteroatoms. The van der Waals surface area contributed by atoms with E-state index in [0.717, 1.165) is 56.1 Å². The van der Waals surface area contributed by atoms with E-state index in [2.05, 4.69) is 0 Å². The molecule has 0 N–H and O–H groups in total. The average molecular weight is 603 g/mol. The fourth-order valence-corrected chi connectivity index (χ4v) is 9.26. The first-order valence-corrected chi connectivity index (χ1v) is 16.9. The SMILES string of the molecule is CCOP(=O)(OCC)C1CC2CCCC(c3ccc(F)cc3)N2C1=O.O=C1CCC2CCCC(c3ccc(F)cc3)N12. The third-order valence-corrected chi connectivity index (χ3v) is 11.4. The first-order chi connectivity index (χ1) is 20.3. The summed E-state index contributed by atoms with van der Waals surface area (Å²) in [4.78, 5) is 28.9. The quantitative estimate of drug-likeness (QED) is 0.310. The number of piperidine rings is 2. The van der Waals surface area contributed by atoms with Gasteiger partial charge in [0.15, 0.2) is 0 Å². The number of nitrogens with zero attached hydrogens (tertiary/aromatic N) is 2. The molecule has 42 heavy (non-hydrogen) atoms. The maximum Gasteiger partial charge on any atom is 0.343 e. The van der Waals surface area contributed by atoms with Crippen LogP contribution in [0.1, 0.15) is 94.8 Å². The summed E-state index contributed by atoms with van der Waals surface area (Å²) >= 11 is 0. The number of rotatable bonds is 7. The van der Waals surface area contributed by atoms with Gasteiger partial charge in [0.05, 0.1) is 25.3 Å². The summed E-state index contributed by atoms with van der Waals surface area (Å²) in [6, 6.07) is 13.4. The van der Waals surface area contributed by atoms with Gasteiger partial charge in [-0.05, 0) is 101 Å². The highest BCUT2D eigenvalue weighted by molar-refractivity contribution is 7.55. The molecule has 4 saturated heterocycles. The Morgan fingerprint density at radius 2 is 1.24 bits per heavy atom. The van der Waals surface area contributed by atoms with Crippen LogP contribution in [-0.2, 0) is 23.2 Å². The lowest BCUT2D eigenvalue weighted by Gasteiger charge is -2.38. The molecule has 7 nitrogen and oxygen atoms in total. The van der Waals surface area contributed by atoms with Crippen molar-refractivity contribution >= 4 is 19.4 Å². The summed E-state index contributed by atoms with van der Waals surface area (Å²) in [5.74, 6) is -0.402. The number of hydrogen-bond donors (Lipinski definition) is 0. The monoisotopic (exact) mass is 602 g/mol. The second kappa shape index (κ2) is 13.4. The second-order valence-electron chi connectivity index (χ2n) is 11.5. The highest BCUT2D eigenvalue weighted by Crippen LogP contribution is 2.59. The standard InChI is InChI=1S/C18H25FNO4P.C14H16FNO/c1-3-23-25(22,24-4-2)17-12-15-6-5-7-16(20(15)18(17)21)13-8-10-14(19)11-9-13;15-11-6-4-10(5-7-11)13-3-1-2-12-8-9-14(17)16(12)13/h8-11,15-17H,3-7,12H2,1-2H3;4-7,12-13H,1-3,8-9H2. The lowest BCUT2D eigenvalue weighted by atomic mass is 9.92. The van der Waals surface area contributed by atoms with Crippen LogP contribution in [0.5, 0.6) is 0 Å². The van der Waals surface area contributed by atoms with Crippen molar-refractivity contribution in [2.45, 2.75) is 101 Å². The molecule has 2 aromatic rings. The Morgan fingerprint density at radius 3 is 1.76 bits per heavy atom. The number of amides is 2. The smallest absolute Gasteiger partial charge is 0.333 e. The van der Waals surface area contributed by atoms with Gasteiger partial charge in [-0.2, -0.15) is 0 Å². The van der Waals surface area contributed by atoms with Crippen LogP contribution >= 0.6 is 7.60 Å². The molecule has 0 aromatic heterocycles. The van der Waals surface area contributed by atoms with E-state index in [0.29, 0.717) is 18.9 Å². The van der Waals surface area contributed by atoms with Crippen LogP contribution in [0, 0.1) is 11.6 Å². The van der Waals surface area contributed by atoms with Crippen molar-refractivity contribution in [3.05, 3.63) is 71.3 Å². The van der Waals surface area contributed by atoms with Crippen LogP contribution in [0.4, 0.5) is 8.78 Å². The highest BCUT2D eigenvalue weighted by Gasteiger charge is 2.53. The first kappa shape index (κ1) is 30.8. The Kier molecular flexibility index (Phi) is 9.81. The molecule has 0 aliphatic carbocycles. The molecule has 5 atom stereocenters. The van der Waals surface area contributed by atoms with Crippen LogP contribution < -0.4 is 0 Å². The van der Waals surface area contributed by atoms with Crippen molar-refractivity contribution in [3.8, 4) is 0 Å². The van der Waals surface area contributed by atoms with Crippen molar-refractivity contribution in [3.63, 3.8) is 0 Å². The van der Waals surface area contributed by atoms with Crippen molar-refractivity contribution in [2.24, 2.45) is 0 Å². The van der Waals surface area contributed by atoms with Crippen LogP contribution in [0.15, 0.2) is 48.5 Å². The van der Waals surface area contributed by atoms with Crippen molar-refractivity contribution in [2.75, 3.05) is 13.2 Å². The molecule has 5 unspecified atom stereocenters. The Hall–Kier alpha value is -2.61. The molecule has 228 valence electrons. The molecule has 4 aliphatic rings. The van der Waals surface area contributed by atoms with Gasteiger partial charge < -0.3 is 18.8 Å². The van der Waals surface area contributed by atoms with Gasteiger partial charge in [0.1, 0.15) is 17.3 Å². The van der Waals surface area contributed by atoms with Gasteiger partial charge in [0, 0.05) is 18.5 Å². The van der Waals surface area contributed by atoms with E-state index >= 15 is 0 Å². The van der Waals surface area contributed by atoms with Crippen molar-refractivity contribution < 1.29 is 32.0 Å². The third-order valence-electron chi connectivity index (χ3n) is 9.01. The third kappa shape index (κ3) is 6.34. The van der Waals surface area contributed by atoms with Gasteiger partial charge in [-0.3, -0.25) is 14.2 Å². The van der Waals surface area contributed by atoms with E-state index in [1.165, 1.54) is 24.3 Å². The van der Waals surface area contributed by atoms with Gasteiger partial charge >= 0.3 is 7.60 Å². The zero-order valence-electron chi connectivity index (χ0n) is 24.4. The van der Waals surface area contributed by atoms with E-state index in [-0.39, 0.29) is 54.8 Å². The Morgan fingerprint density at radius 1 is 0.738 bits per heavy atom. The Balaban J connectivity index is 0.000000180. The number of benzene rings is 2. The summed E-state index contributed by atoms with van der Waals surface area (Å²) in [5, 5.41) is 0. The topological polar surface area (TPSA) is 76.1 Å². The molecule has 2 amide bonds. The van der Waals surface area contributed by atoms with Crippen molar-refractivity contribution in [1.82, 2.24) is 9.80 Å². The number of fused-ring (bicyclic) bond motifs is 2. The lowest BCUT2D eigenvalue weighted by molar-refractivity contribution is -0.133. The normalized spacial score (nSPS) is 27.4. The fourth-order valence-electron chi connectivity index (χ4n) is 7.20. The summed E-state index contributed by atoms with van der Waals surface area (Å²) in [7, 11) is -3.47. The number of hydrogen-bond acceptors (Lipinski definition) is 5. The molecular weight excluding hydrogens is 561 g/mol. The summed E-state index contributed by atoms with van der Waals surface area (Å²) < 4.78 is 50.1. The average Bonchev–Trinajstić information content (AvgIpc) is 3.55. The molecule has 4 aliphatic heterocycles. The lowest BCUT2D eigenvalue weighted by Crippen LogP contribution is -2.41. The van der Waals surface area contributed by atoms with E-state index in [9.17, 15) is 22.9 Å². The van der Waals surface area contributed by atoms with Gasteiger partial charge in [-0.1, -0.05) is 24.3 Å². The zero-order chi connectivity index (χ0) is 29.9. The second-order valence-corrected chi connectivity index (χ2v) is 13.7. The number of carbonyl (C=O) groups is 2. The molecule has 0 saturated carbocycles. The van der Waals surface area contributed by atoms with E-state index < -0.39 is 13.3 Å². The molecule has 4 heterocycles. The van der Waals surface area contributed by atoms with Gasteiger partial charge in [0.2, 0.25) is 11.8 Å². The molecule has 2 aromatic carbocycles. The summed E-state index contributed by atoms with van der Waals surface area (Å²) in [6.07, 6.45) is 8.17. The maximum absolute atomic E-state index is 13.2. The zero-order valence-corrected chi connectivity index (χ0v) is 25.3. The highest BCUT2D eigenvalue weighted by atomic mass is 31.2. The predicted octanol–water partition coefficient (Wildman–Crippen LogP) is 7.33. The predicted molar refractivity (Wildman–Crippen MR) is 156 cm³/mol. The molecule has 0 spiro atoms. The fraction of sp³-hybridized carbons (Fsp3) is 0.562. The first-order valence-electron chi connectivity index (χ1n) is 15.3. The van der Waals surface area contributed by atoms with Crippen LogP contribution in [0.3, 0.4) is 0 Å². The molecule has 6 rings (SSSR count).